The molecular formula is C12H7N3O4. The van der Waals surface area contributed by atoms with Gasteiger partial charge in [-0.25, -0.2) is 0 Å². The van der Waals surface area contributed by atoms with E-state index in [4.69, 9.17) is 0 Å². The number of H-pyrrole nitrogens is 1. The molecule has 1 heterocycles. The van der Waals surface area contributed by atoms with Crippen LogP contribution < -0.4 is 0 Å². The molecule has 19 heavy (non-hydrogen) atoms. The highest BCUT2D eigenvalue weighted by Crippen LogP contribution is 2.30. The molecule has 0 radical (unpaired) electrons. The Balaban J connectivity index is 2.31. The lowest BCUT2D eigenvalue weighted by Gasteiger charge is -1.92. The van der Waals surface area contributed by atoms with Crippen molar-refractivity contribution in [3.05, 3.63) is 56.6 Å². The van der Waals surface area contributed by atoms with Gasteiger partial charge in [-0.15, -0.1) is 0 Å². The summed E-state index contributed by atoms with van der Waals surface area (Å²) in [6, 6.07) is 8.94. The van der Waals surface area contributed by atoms with Gasteiger partial charge in [-0.2, -0.15) is 0 Å². The number of aromatic nitrogens is 1. The van der Waals surface area contributed by atoms with Crippen molar-refractivity contribution in [2.45, 2.75) is 0 Å². The summed E-state index contributed by atoms with van der Waals surface area (Å²) in [4.78, 5) is 23.4. The molecule has 0 aliphatic carbocycles. The van der Waals surface area contributed by atoms with E-state index in [-0.39, 0.29) is 11.4 Å². The normalized spacial score (nSPS) is 10.9. The van der Waals surface area contributed by atoms with Gasteiger partial charge in [0.1, 0.15) is 0 Å². The van der Waals surface area contributed by atoms with E-state index in [2.05, 4.69) is 4.98 Å². The van der Waals surface area contributed by atoms with Gasteiger partial charge in [0.05, 0.1) is 20.9 Å². The summed E-state index contributed by atoms with van der Waals surface area (Å²) < 4.78 is 0. The molecule has 0 aliphatic heterocycles. The summed E-state index contributed by atoms with van der Waals surface area (Å²) in [5.74, 6) is 0. The Morgan fingerprint density at radius 2 is 1.21 bits per heavy atom. The van der Waals surface area contributed by atoms with Crippen molar-refractivity contribution in [2.75, 3.05) is 0 Å². The Morgan fingerprint density at radius 3 is 1.58 bits per heavy atom. The number of benzene rings is 2. The van der Waals surface area contributed by atoms with E-state index in [1.54, 1.807) is 12.1 Å². The second-order valence-electron chi connectivity index (χ2n) is 4.10. The Bertz CT molecular complexity index is 769. The molecule has 0 bridgehead atoms. The number of hydrogen-bond acceptors (Lipinski definition) is 4. The van der Waals surface area contributed by atoms with Crippen LogP contribution in [-0.4, -0.2) is 14.8 Å². The minimum atomic E-state index is -0.479. The molecule has 0 aliphatic rings. The molecule has 2 aromatic carbocycles. The Morgan fingerprint density at radius 1 is 0.789 bits per heavy atom. The molecule has 0 fully saturated rings. The number of non-ortho nitro benzene ring substituents is 2. The van der Waals surface area contributed by atoms with E-state index in [0.29, 0.717) is 11.0 Å². The van der Waals surface area contributed by atoms with E-state index in [9.17, 15) is 20.2 Å². The van der Waals surface area contributed by atoms with Crippen molar-refractivity contribution in [2.24, 2.45) is 0 Å². The number of rotatable bonds is 2. The van der Waals surface area contributed by atoms with E-state index in [0.717, 1.165) is 10.8 Å². The van der Waals surface area contributed by atoms with Crippen LogP contribution in [0.3, 0.4) is 0 Å². The molecule has 94 valence electrons. The Kier molecular flexibility index (Phi) is 2.21. The molecule has 7 nitrogen and oxygen atoms in total. The van der Waals surface area contributed by atoms with Crippen LogP contribution in [0.15, 0.2) is 36.4 Å². The van der Waals surface area contributed by atoms with Gasteiger partial charge in [0.2, 0.25) is 0 Å². The molecule has 0 saturated carbocycles. The van der Waals surface area contributed by atoms with Crippen molar-refractivity contribution in [3.63, 3.8) is 0 Å². The first kappa shape index (κ1) is 11.1. The third kappa shape index (κ3) is 1.68. The summed E-state index contributed by atoms with van der Waals surface area (Å²) in [5, 5.41) is 23.0. The zero-order valence-electron chi connectivity index (χ0n) is 9.49. The maximum absolute atomic E-state index is 10.7. The smallest absolute Gasteiger partial charge is 0.271 e. The molecular weight excluding hydrogens is 250 g/mol. The van der Waals surface area contributed by atoms with Crippen molar-refractivity contribution in [1.82, 2.24) is 4.98 Å². The van der Waals surface area contributed by atoms with Crippen molar-refractivity contribution in [1.29, 1.82) is 0 Å². The molecule has 0 saturated heterocycles. The van der Waals surface area contributed by atoms with Crippen LogP contribution in [0.5, 0.6) is 0 Å². The Labute approximate surface area is 105 Å². The van der Waals surface area contributed by atoms with Crippen molar-refractivity contribution >= 4 is 33.2 Å². The highest BCUT2D eigenvalue weighted by molar-refractivity contribution is 6.08. The first-order chi connectivity index (χ1) is 9.06. The van der Waals surface area contributed by atoms with Gasteiger partial charge >= 0.3 is 0 Å². The first-order valence-corrected chi connectivity index (χ1v) is 5.40. The maximum atomic E-state index is 10.7. The SMILES string of the molecule is O=[N+]([O-])c1ccc2c(c1)[nH]c1cc([N+](=O)[O-])ccc12. The van der Waals surface area contributed by atoms with Crippen molar-refractivity contribution < 1.29 is 9.85 Å². The van der Waals surface area contributed by atoms with E-state index in [1.807, 2.05) is 0 Å². The molecule has 7 heteroatoms. The minimum absolute atomic E-state index is 0.0199. The topological polar surface area (TPSA) is 102 Å². The molecule has 3 aromatic rings. The second-order valence-corrected chi connectivity index (χ2v) is 4.10. The number of nitrogens with zero attached hydrogens (tertiary/aromatic N) is 2. The summed E-state index contributed by atoms with van der Waals surface area (Å²) in [5.41, 5.74) is 1.14. The van der Waals surface area contributed by atoms with Gasteiger partial charge in [-0.1, -0.05) is 0 Å². The lowest BCUT2D eigenvalue weighted by atomic mass is 10.1. The lowest BCUT2D eigenvalue weighted by Crippen LogP contribution is -1.86. The number of nitrogens with one attached hydrogen (secondary N) is 1. The van der Waals surface area contributed by atoms with Gasteiger partial charge in [0.15, 0.2) is 0 Å². The van der Waals surface area contributed by atoms with Crippen LogP contribution in [0.1, 0.15) is 0 Å². The highest BCUT2D eigenvalue weighted by atomic mass is 16.6. The number of hydrogen-bond donors (Lipinski definition) is 1. The van der Waals surface area contributed by atoms with Gasteiger partial charge in [0, 0.05) is 35.0 Å². The summed E-state index contributed by atoms with van der Waals surface area (Å²) in [7, 11) is 0. The van der Waals surface area contributed by atoms with Crippen molar-refractivity contribution in [3.8, 4) is 0 Å². The number of nitro groups is 2. The molecule has 0 unspecified atom stereocenters. The fourth-order valence-corrected chi connectivity index (χ4v) is 2.11. The quantitative estimate of drug-likeness (QED) is 0.562. The third-order valence-electron chi connectivity index (χ3n) is 2.99. The molecule has 0 amide bonds. The molecule has 1 aromatic heterocycles. The van der Waals surface area contributed by atoms with Crippen LogP contribution in [0, 0.1) is 20.2 Å². The largest absolute Gasteiger partial charge is 0.354 e. The maximum Gasteiger partial charge on any atom is 0.271 e. The molecule has 1 N–H and O–H groups in total. The molecule has 0 spiro atoms. The van der Waals surface area contributed by atoms with Crippen LogP contribution in [0.2, 0.25) is 0 Å². The van der Waals surface area contributed by atoms with E-state index >= 15 is 0 Å². The highest BCUT2D eigenvalue weighted by Gasteiger charge is 2.13. The minimum Gasteiger partial charge on any atom is -0.354 e. The van der Waals surface area contributed by atoms with Crippen LogP contribution in [0.25, 0.3) is 21.8 Å². The zero-order chi connectivity index (χ0) is 13.6. The average Bonchev–Trinajstić information content (AvgIpc) is 2.74. The molecule has 0 atom stereocenters. The van der Waals surface area contributed by atoms with Gasteiger partial charge < -0.3 is 4.98 Å². The van der Waals surface area contributed by atoms with Gasteiger partial charge in [-0.3, -0.25) is 20.2 Å². The first-order valence-electron chi connectivity index (χ1n) is 5.40. The van der Waals surface area contributed by atoms with E-state index in [1.165, 1.54) is 24.3 Å². The fraction of sp³-hybridized carbons (Fsp3) is 0. The van der Waals surface area contributed by atoms with Gasteiger partial charge in [0.25, 0.3) is 11.4 Å². The number of aromatic amines is 1. The van der Waals surface area contributed by atoms with Crippen LogP contribution >= 0.6 is 0 Å². The average molecular weight is 257 g/mol. The van der Waals surface area contributed by atoms with Gasteiger partial charge in [-0.05, 0) is 12.1 Å². The fourth-order valence-electron chi connectivity index (χ4n) is 2.11. The van der Waals surface area contributed by atoms with Crippen LogP contribution in [-0.2, 0) is 0 Å². The lowest BCUT2D eigenvalue weighted by molar-refractivity contribution is -0.384. The summed E-state index contributed by atoms with van der Waals surface area (Å²) in [6.45, 7) is 0. The van der Waals surface area contributed by atoms with Crippen LogP contribution in [0.4, 0.5) is 11.4 Å². The predicted octanol–water partition coefficient (Wildman–Crippen LogP) is 3.14. The number of nitro benzene ring substituents is 2. The van der Waals surface area contributed by atoms with E-state index < -0.39 is 9.85 Å². The zero-order valence-corrected chi connectivity index (χ0v) is 9.49. The second kappa shape index (κ2) is 3.77. The summed E-state index contributed by atoms with van der Waals surface area (Å²) >= 11 is 0. The molecule has 3 rings (SSSR count). The third-order valence-corrected chi connectivity index (χ3v) is 2.99. The standard InChI is InChI=1S/C12H7N3O4/c16-14(17)7-1-3-9-10-4-2-8(15(18)19)6-12(10)13-11(9)5-7/h1-6,13H. The summed E-state index contributed by atoms with van der Waals surface area (Å²) in [6.07, 6.45) is 0. The monoisotopic (exact) mass is 257 g/mol. The Hall–Kier alpha value is -2.96. The number of fused-ring (bicyclic) bond motifs is 3. The predicted molar refractivity (Wildman–Crippen MR) is 69.1 cm³/mol.